The molecule has 0 aliphatic heterocycles. The van der Waals surface area contributed by atoms with E-state index in [4.69, 9.17) is 0 Å². The van der Waals surface area contributed by atoms with E-state index >= 15 is 0 Å². The Morgan fingerprint density at radius 2 is 2.03 bits per heavy atom. The number of hydrogen-bond acceptors (Lipinski definition) is 3. The topological polar surface area (TPSA) is 68.5 Å². The van der Waals surface area contributed by atoms with Crippen molar-refractivity contribution in [3.8, 4) is 5.69 Å². The van der Waals surface area contributed by atoms with Crippen LogP contribution < -0.4 is 5.56 Å². The predicted molar refractivity (Wildman–Crippen MR) is 121 cm³/mol. The van der Waals surface area contributed by atoms with Crippen molar-refractivity contribution < 1.29 is 0 Å². The Hall–Kier alpha value is -3.15. The first kappa shape index (κ1) is 18.6. The summed E-state index contributed by atoms with van der Waals surface area (Å²) in [5, 5.41) is 9.73. The summed E-state index contributed by atoms with van der Waals surface area (Å²) in [6.45, 7) is 4.36. The molecule has 0 radical (unpaired) electrons. The SMILES string of the molecule is Cc1c[nH]c2c(=O)n(-c3cccc([C@]4(c5nncn5C)C[C@@H](C)C4)c3)cc(C3CC3)c12. The van der Waals surface area contributed by atoms with Crippen LogP contribution in [-0.4, -0.2) is 24.3 Å². The van der Waals surface area contributed by atoms with Crippen molar-refractivity contribution >= 4 is 10.9 Å². The average Bonchev–Trinajstić information content (AvgIpc) is 3.39. The van der Waals surface area contributed by atoms with Gasteiger partial charge in [0.2, 0.25) is 0 Å². The first-order chi connectivity index (χ1) is 15.0. The Balaban J connectivity index is 1.53. The van der Waals surface area contributed by atoms with Gasteiger partial charge in [-0.3, -0.25) is 9.36 Å². The number of benzene rings is 1. The van der Waals surface area contributed by atoms with E-state index in [0.717, 1.165) is 35.3 Å². The van der Waals surface area contributed by atoms with Crippen molar-refractivity contribution in [1.82, 2.24) is 24.3 Å². The first-order valence-electron chi connectivity index (χ1n) is 11.2. The smallest absolute Gasteiger partial charge is 0.279 e. The monoisotopic (exact) mass is 413 g/mol. The highest BCUT2D eigenvalue weighted by Gasteiger charge is 2.48. The van der Waals surface area contributed by atoms with Crippen molar-refractivity contribution in [1.29, 1.82) is 0 Å². The van der Waals surface area contributed by atoms with E-state index < -0.39 is 0 Å². The zero-order valence-electron chi connectivity index (χ0n) is 18.2. The largest absolute Gasteiger partial charge is 0.356 e. The molecule has 0 atom stereocenters. The van der Waals surface area contributed by atoms with Gasteiger partial charge in [0.25, 0.3) is 5.56 Å². The molecule has 1 N–H and O–H groups in total. The number of nitrogens with one attached hydrogen (secondary N) is 1. The Bertz CT molecular complexity index is 1360. The van der Waals surface area contributed by atoms with E-state index in [2.05, 4.69) is 53.4 Å². The summed E-state index contributed by atoms with van der Waals surface area (Å²) in [6, 6.07) is 8.46. The molecular weight excluding hydrogens is 386 g/mol. The second-order valence-corrected chi connectivity index (χ2v) is 9.67. The standard InChI is InChI=1S/C25H27N5O/c1-15-10-25(11-15,24-28-27-14-29(24)3)18-5-4-6-19(9-18)30-13-20(17-7-8-17)21-16(2)12-26-22(21)23(30)31/h4-6,9,12-15,17,26H,7-8,10-11H2,1-3H3/t15-,25+. The third kappa shape index (κ3) is 2.67. The predicted octanol–water partition coefficient (Wildman–Crippen LogP) is 4.35. The minimum Gasteiger partial charge on any atom is -0.356 e. The van der Waals surface area contributed by atoms with Crippen LogP contribution in [0.5, 0.6) is 0 Å². The molecule has 6 heteroatoms. The Labute approximate surface area is 180 Å². The van der Waals surface area contributed by atoms with Gasteiger partial charge in [0.05, 0.1) is 5.41 Å². The van der Waals surface area contributed by atoms with Gasteiger partial charge in [0.15, 0.2) is 0 Å². The number of rotatable bonds is 4. The van der Waals surface area contributed by atoms with Crippen LogP contribution in [0.4, 0.5) is 0 Å². The van der Waals surface area contributed by atoms with Crippen molar-refractivity contribution in [3.63, 3.8) is 0 Å². The molecule has 0 unspecified atom stereocenters. The molecule has 158 valence electrons. The molecule has 3 aromatic heterocycles. The Morgan fingerprint density at radius 1 is 1.23 bits per heavy atom. The molecule has 3 heterocycles. The van der Waals surface area contributed by atoms with E-state index in [1.165, 1.54) is 24.0 Å². The molecular formula is C25H27N5O. The molecule has 2 aliphatic carbocycles. The van der Waals surface area contributed by atoms with Crippen molar-refractivity contribution in [2.24, 2.45) is 13.0 Å². The molecule has 0 amide bonds. The number of nitrogens with zero attached hydrogens (tertiary/aromatic N) is 4. The van der Waals surface area contributed by atoms with Gasteiger partial charge < -0.3 is 9.55 Å². The van der Waals surface area contributed by atoms with Crippen LogP contribution in [-0.2, 0) is 12.5 Å². The number of hydrogen-bond donors (Lipinski definition) is 1. The maximum atomic E-state index is 13.4. The summed E-state index contributed by atoms with van der Waals surface area (Å²) in [7, 11) is 2.01. The molecule has 0 bridgehead atoms. The van der Waals surface area contributed by atoms with E-state index in [9.17, 15) is 4.79 Å². The van der Waals surface area contributed by atoms with Gasteiger partial charge in [0, 0.05) is 30.5 Å². The summed E-state index contributed by atoms with van der Waals surface area (Å²) in [4.78, 5) is 16.7. The lowest BCUT2D eigenvalue weighted by Crippen LogP contribution is -2.43. The van der Waals surface area contributed by atoms with Crippen molar-refractivity contribution in [2.45, 2.75) is 50.9 Å². The summed E-state index contributed by atoms with van der Waals surface area (Å²) in [5.74, 6) is 2.21. The van der Waals surface area contributed by atoms with Gasteiger partial charge in [-0.25, -0.2) is 0 Å². The van der Waals surface area contributed by atoms with Crippen LogP contribution in [0.1, 0.15) is 61.0 Å². The number of pyridine rings is 1. The van der Waals surface area contributed by atoms with Gasteiger partial charge in [-0.15, -0.1) is 10.2 Å². The number of aromatic nitrogens is 5. The summed E-state index contributed by atoms with van der Waals surface area (Å²) in [6.07, 6.45) is 10.3. The molecule has 2 aliphatic rings. The van der Waals surface area contributed by atoms with Crippen molar-refractivity contribution in [3.05, 3.63) is 75.9 Å². The average molecular weight is 414 g/mol. The van der Waals surface area contributed by atoms with Gasteiger partial charge in [-0.1, -0.05) is 19.1 Å². The summed E-state index contributed by atoms with van der Waals surface area (Å²) < 4.78 is 3.87. The molecule has 6 rings (SSSR count). The summed E-state index contributed by atoms with van der Waals surface area (Å²) >= 11 is 0. The van der Waals surface area contributed by atoms with Gasteiger partial charge in [-0.05, 0) is 73.3 Å². The highest BCUT2D eigenvalue weighted by Crippen LogP contribution is 2.51. The lowest BCUT2D eigenvalue weighted by molar-refractivity contribution is 0.185. The van der Waals surface area contributed by atoms with Crippen LogP contribution >= 0.6 is 0 Å². The van der Waals surface area contributed by atoms with Crippen LogP contribution in [0.15, 0.2) is 47.8 Å². The number of aryl methyl sites for hydroxylation is 2. The lowest BCUT2D eigenvalue weighted by Gasteiger charge is -2.46. The Morgan fingerprint density at radius 3 is 2.71 bits per heavy atom. The molecule has 0 spiro atoms. The minimum absolute atomic E-state index is 0.0133. The maximum Gasteiger partial charge on any atom is 0.279 e. The van der Waals surface area contributed by atoms with E-state index in [0.29, 0.717) is 17.4 Å². The fraction of sp³-hybridized carbons (Fsp3) is 0.400. The molecule has 1 aromatic carbocycles. The lowest BCUT2D eigenvalue weighted by atomic mass is 9.58. The quantitative estimate of drug-likeness (QED) is 0.541. The molecule has 6 nitrogen and oxygen atoms in total. The molecule has 31 heavy (non-hydrogen) atoms. The third-order valence-electron chi connectivity index (χ3n) is 7.29. The molecule has 4 aromatic rings. The van der Waals surface area contributed by atoms with E-state index in [1.807, 2.05) is 28.4 Å². The highest BCUT2D eigenvalue weighted by molar-refractivity contribution is 5.86. The van der Waals surface area contributed by atoms with Crippen LogP contribution in [0.2, 0.25) is 0 Å². The fourth-order valence-electron chi connectivity index (χ4n) is 5.69. The van der Waals surface area contributed by atoms with Crippen LogP contribution in [0, 0.1) is 12.8 Å². The number of H-pyrrole nitrogens is 1. The first-order valence-corrected chi connectivity index (χ1v) is 11.2. The van der Waals surface area contributed by atoms with Gasteiger partial charge >= 0.3 is 0 Å². The number of aromatic amines is 1. The highest BCUT2D eigenvalue weighted by atomic mass is 16.1. The van der Waals surface area contributed by atoms with Gasteiger partial charge in [0.1, 0.15) is 17.7 Å². The normalized spacial score (nSPS) is 23.3. The third-order valence-corrected chi connectivity index (χ3v) is 7.29. The zero-order chi connectivity index (χ0) is 21.3. The van der Waals surface area contributed by atoms with Gasteiger partial charge in [-0.2, -0.15) is 0 Å². The second-order valence-electron chi connectivity index (χ2n) is 9.67. The molecule has 2 saturated carbocycles. The fourth-order valence-corrected chi connectivity index (χ4v) is 5.69. The van der Waals surface area contributed by atoms with E-state index in [1.54, 1.807) is 6.33 Å². The van der Waals surface area contributed by atoms with Crippen molar-refractivity contribution in [2.75, 3.05) is 0 Å². The Kier molecular flexibility index (Phi) is 3.86. The summed E-state index contributed by atoms with van der Waals surface area (Å²) in [5.41, 5.74) is 5.16. The maximum absolute atomic E-state index is 13.4. The second kappa shape index (κ2) is 6.42. The van der Waals surface area contributed by atoms with Crippen LogP contribution in [0.25, 0.3) is 16.6 Å². The zero-order valence-corrected chi connectivity index (χ0v) is 18.2. The minimum atomic E-state index is -0.142. The number of fused-ring (bicyclic) bond motifs is 1. The molecule has 2 fully saturated rings. The molecule has 0 saturated heterocycles. The van der Waals surface area contributed by atoms with Crippen LogP contribution in [0.3, 0.4) is 0 Å². The van der Waals surface area contributed by atoms with E-state index in [-0.39, 0.29) is 11.0 Å².